The van der Waals surface area contributed by atoms with E-state index >= 15 is 0 Å². The van der Waals surface area contributed by atoms with Crippen LogP contribution in [0.25, 0.3) is 0 Å². The second kappa shape index (κ2) is 8.24. The number of urea groups is 1. The number of carbonyl (C=O) groups excluding carboxylic acids is 1. The molecule has 2 rings (SSSR count). The van der Waals surface area contributed by atoms with Gasteiger partial charge >= 0.3 is 6.03 Å². The van der Waals surface area contributed by atoms with Crippen molar-refractivity contribution in [2.45, 2.75) is 11.8 Å². The summed E-state index contributed by atoms with van der Waals surface area (Å²) in [6.45, 7) is 6.80. The van der Waals surface area contributed by atoms with Crippen molar-refractivity contribution >= 4 is 17.8 Å². The molecule has 0 unspecified atom stereocenters. The van der Waals surface area contributed by atoms with Crippen molar-refractivity contribution in [1.82, 2.24) is 15.1 Å². The van der Waals surface area contributed by atoms with Crippen molar-refractivity contribution < 1.29 is 9.18 Å². The van der Waals surface area contributed by atoms with Crippen LogP contribution in [0.1, 0.15) is 6.92 Å². The molecule has 0 aliphatic carbocycles. The van der Waals surface area contributed by atoms with Crippen molar-refractivity contribution in [3.8, 4) is 0 Å². The molecule has 0 spiro atoms. The first-order valence-corrected chi connectivity index (χ1v) is 8.31. The molecule has 0 radical (unpaired) electrons. The Bertz CT molecular complexity index is 464. The van der Waals surface area contributed by atoms with Crippen molar-refractivity contribution in [2.24, 2.45) is 0 Å². The van der Waals surface area contributed by atoms with Crippen LogP contribution in [-0.2, 0) is 0 Å². The maximum atomic E-state index is 13.5. The first kappa shape index (κ1) is 16.1. The highest BCUT2D eigenvalue weighted by Gasteiger charge is 2.20. The Morgan fingerprint density at radius 3 is 2.67 bits per heavy atom. The van der Waals surface area contributed by atoms with Crippen LogP contribution in [0, 0.1) is 5.82 Å². The Hall–Kier alpha value is -1.27. The fourth-order valence-electron chi connectivity index (χ4n) is 2.28. The van der Waals surface area contributed by atoms with Gasteiger partial charge in [-0.3, -0.25) is 4.90 Å². The third kappa shape index (κ3) is 4.89. The highest BCUT2D eigenvalue weighted by atomic mass is 32.2. The molecular weight excluding hydrogens is 289 g/mol. The van der Waals surface area contributed by atoms with Gasteiger partial charge in [0.25, 0.3) is 0 Å². The lowest BCUT2D eigenvalue weighted by atomic mass is 10.3. The molecule has 1 fully saturated rings. The molecule has 21 heavy (non-hydrogen) atoms. The van der Waals surface area contributed by atoms with Gasteiger partial charge in [0.2, 0.25) is 0 Å². The second-order valence-electron chi connectivity index (χ2n) is 4.94. The minimum absolute atomic E-state index is 0.0258. The summed E-state index contributed by atoms with van der Waals surface area (Å²) >= 11 is 1.55. The number of nitrogens with zero attached hydrogens (tertiary/aromatic N) is 2. The minimum Gasteiger partial charge on any atom is -0.338 e. The molecule has 2 amide bonds. The zero-order chi connectivity index (χ0) is 15.1. The van der Waals surface area contributed by atoms with Gasteiger partial charge in [-0.25, -0.2) is 9.18 Å². The van der Waals surface area contributed by atoms with E-state index in [2.05, 4.69) is 10.2 Å². The molecule has 1 saturated heterocycles. The van der Waals surface area contributed by atoms with E-state index in [4.69, 9.17) is 0 Å². The molecule has 4 nitrogen and oxygen atoms in total. The number of benzene rings is 1. The standard InChI is InChI=1S/C15H22FN3OS/c1-2-17-15(20)19-9-7-18(8-10-19)11-12-21-14-6-4-3-5-13(14)16/h3-6H,2,7-12H2,1H3,(H,17,20). The maximum absolute atomic E-state index is 13.5. The third-order valence-corrected chi connectivity index (χ3v) is 4.52. The van der Waals surface area contributed by atoms with Gasteiger partial charge in [-0.1, -0.05) is 12.1 Å². The van der Waals surface area contributed by atoms with Crippen LogP contribution in [0.5, 0.6) is 0 Å². The molecule has 1 heterocycles. The van der Waals surface area contributed by atoms with Crippen LogP contribution >= 0.6 is 11.8 Å². The fourth-order valence-corrected chi connectivity index (χ4v) is 3.23. The number of thioether (sulfide) groups is 1. The molecule has 1 N–H and O–H groups in total. The summed E-state index contributed by atoms with van der Waals surface area (Å²) in [5.41, 5.74) is 0. The number of rotatable bonds is 5. The van der Waals surface area contributed by atoms with Crippen LogP contribution in [0.4, 0.5) is 9.18 Å². The normalized spacial score (nSPS) is 16.0. The van der Waals surface area contributed by atoms with Gasteiger partial charge in [-0.15, -0.1) is 11.8 Å². The van der Waals surface area contributed by atoms with E-state index in [1.807, 2.05) is 24.0 Å². The summed E-state index contributed by atoms with van der Waals surface area (Å²) in [4.78, 5) is 16.6. The molecule has 1 aliphatic rings. The van der Waals surface area contributed by atoms with E-state index in [1.165, 1.54) is 6.07 Å². The third-order valence-electron chi connectivity index (χ3n) is 3.49. The molecule has 0 atom stereocenters. The molecule has 0 saturated carbocycles. The average molecular weight is 311 g/mol. The van der Waals surface area contributed by atoms with Crippen molar-refractivity contribution in [2.75, 3.05) is 45.0 Å². The molecule has 1 aliphatic heterocycles. The van der Waals surface area contributed by atoms with Crippen LogP contribution in [0.3, 0.4) is 0 Å². The van der Waals surface area contributed by atoms with Gasteiger partial charge < -0.3 is 10.2 Å². The molecule has 6 heteroatoms. The predicted octanol–water partition coefficient (Wildman–Crippen LogP) is 2.26. The quantitative estimate of drug-likeness (QED) is 0.847. The Morgan fingerprint density at radius 1 is 1.29 bits per heavy atom. The SMILES string of the molecule is CCNC(=O)N1CCN(CCSc2ccccc2F)CC1. The Balaban J connectivity index is 1.67. The average Bonchev–Trinajstić information content (AvgIpc) is 2.50. The van der Waals surface area contributed by atoms with E-state index in [9.17, 15) is 9.18 Å². The largest absolute Gasteiger partial charge is 0.338 e. The summed E-state index contributed by atoms with van der Waals surface area (Å²) in [5, 5.41) is 2.82. The number of amides is 2. The Morgan fingerprint density at radius 2 is 2.00 bits per heavy atom. The van der Waals surface area contributed by atoms with Crippen LogP contribution < -0.4 is 5.32 Å². The van der Waals surface area contributed by atoms with Gasteiger partial charge in [-0.2, -0.15) is 0 Å². The highest BCUT2D eigenvalue weighted by Crippen LogP contribution is 2.21. The van der Waals surface area contributed by atoms with Gasteiger partial charge in [0.05, 0.1) is 0 Å². The van der Waals surface area contributed by atoms with Crippen LogP contribution in [0.15, 0.2) is 29.2 Å². The molecular formula is C15H22FN3OS. The topological polar surface area (TPSA) is 35.6 Å². The minimum atomic E-state index is -0.149. The lowest BCUT2D eigenvalue weighted by Crippen LogP contribution is -2.52. The van der Waals surface area contributed by atoms with Crippen molar-refractivity contribution in [1.29, 1.82) is 0 Å². The van der Waals surface area contributed by atoms with Gasteiger partial charge in [0.15, 0.2) is 0 Å². The van der Waals surface area contributed by atoms with E-state index < -0.39 is 0 Å². The van der Waals surface area contributed by atoms with Crippen molar-refractivity contribution in [3.05, 3.63) is 30.1 Å². The van der Waals surface area contributed by atoms with Gasteiger partial charge in [0.1, 0.15) is 5.82 Å². The van der Waals surface area contributed by atoms with E-state index in [-0.39, 0.29) is 11.8 Å². The molecule has 0 aromatic heterocycles. The van der Waals surface area contributed by atoms with E-state index in [0.717, 1.165) is 38.5 Å². The van der Waals surface area contributed by atoms with Gasteiger partial charge in [0, 0.05) is 49.9 Å². The molecule has 116 valence electrons. The van der Waals surface area contributed by atoms with Crippen LogP contribution in [-0.4, -0.2) is 60.9 Å². The molecule has 0 bridgehead atoms. The summed E-state index contributed by atoms with van der Waals surface area (Å²) in [6, 6.07) is 6.90. The zero-order valence-corrected chi connectivity index (χ0v) is 13.2. The molecule has 1 aromatic rings. The number of hydrogen-bond acceptors (Lipinski definition) is 3. The fraction of sp³-hybridized carbons (Fsp3) is 0.533. The Labute approximate surface area is 129 Å². The van der Waals surface area contributed by atoms with Gasteiger partial charge in [-0.05, 0) is 19.1 Å². The lowest BCUT2D eigenvalue weighted by molar-refractivity contribution is 0.144. The molecule has 1 aromatic carbocycles. The number of piperazine rings is 1. The first-order valence-electron chi connectivity index (χ1n) is 7.33. The highest BCUT2D eigenvalue weighted by molar-refractivity contribution is 7.99. The van der Waals surface area contributed by atoms with Crippen LogP contribution in [0.2, 0.25) is 0 Å². The summed E-state index contributed by atoms with van der Waals surface area (Å²) < 4.78 is 13.5. The van der Waals surface area contributed by atoms with E-state index in [1.54, 1.807) is 17.8 Å². The predicted molar refractivity (Wildman–Crippen MR) is 84.2 cm³/mol. The summed E-state index contributed by atoms with van der Waals surface area (Å²) in [7, 11) is 0. The summed E-state index contributed by atoms with van der Waals surface area (Å²) in [5.74, 6) is 0.714. The number of hydrogen-bond donors (Lipinski definition) is 1. The van der Waals surface area contributed by atoms with E-state index in [0.29, 0.717) is 11.4 Å². The second-order valence-corrected chi connectivity index (χ2v) is 6.08. The number of nitrogens with one attached hydrogen (secondary N) is 1. The number of halogens is 1. The first-order chi connectivity index (χ1) is 10.2. The monoisotopic (exact) mass is 311 g/mol. The smallest absolute Gasteiger partial charge is 0.317 e. The number of carbonyl (C=O) groups is 1. The Kier molecular flexibility index (Phi) is 6.32. The summed E-state index contributed by atoms with van der Waals surface area (Å²) in [6.07, 6.45) is 0. The maximum Gasteiger partial charge on any atom is 0.317 e. The van der Waals surface area contributed by atoms with Crippen molar-refractivity contribution in [3.63, 3.8) is 0 Å². The lowest BCUT2D eigenvalue weighted by Gasteiger charge is -2.34. The zero-order valence-electron chi connectivity index (χ0n) is 12.3.